The molecule has 0 aliphatic heterocycles. The lowest BCUT2D eigenvalue weighted by atomic mass is 10.2. The monoisotopic (exact) mass is 270 g/mol. The maximum atomic E-state index is 10.6. The summed E-state index contributed by atoms with van der Waals surface area (Å²) in [6.45, 7) is 3.94. The highest BCUT2D eigenvalue weighted by Crippen LogP contribution is 2.36. The molecule has 1 aromatic rings. The molecule has 0 radical (unpaired) electrons. The first-order chi connectivity index (χ1) is 7.22. The van der Waals surface area contributed by atoms with Gasteiger partial charge in [-0.25, -0.2) is 0 Å². The van der Waals surface area contributed by atoms with Gasteiger partial charge < -0.3 is 9.47 Å². The Morgan fingerprint density at radius 2 is 2.27 bits per heavy atom. The van der Waals surface area contributed by atoms with E-state index in [4.69, 9.17) is 9.47 Å². The van der Waals surface area contributed by atoms with Crippen molar-refractivity contribution < 1.29 is 14.3 Å². The second-order valence-electron chi connectivity index (χ2n) is 2.75. The van der Waals surface area contributed by atoms with E-state index in [0.29, 0.717) is 28.1 Å². The van der Waals surface area contributed by atoms with Crippen molar-refractivity contribution >= 4 is 22.2 Å². The lowest BCUT2D eigenvalue weighted by Gasteiger charge is -2.11. The smallest absolute Gasteiger partial charge is 0.175 e. The quantitative estimate of drug-likeness (QED) is 0.610. The van der Waals surface area contributed by atoms with Crippen LogP contribution in [-0.2, 0) is 0 Å². The summed E-state index contributed by atoms with van der Waals surface area (Å²) in [6, 6.07) is 3.30. The molecule has 0 bridgehead atoms. The van der Waals surface area contributed by atoms with Gasteiger partial charge in [-0.2, -0.15) is 0 Å². The Bertz CT molecular complexity index is 374. The Morgan fingerprint density at radius 3 is 2.80 bits per heavy atom. The third-order valence-corrected chi connectivity index (χ3v) is 2.32. The average Bonchev–Trinajstić information content (AvgIpc) is 2.26. The third kappa shape index (κ3) is 2.83. The van der Waals surface area contributed by atoms with E-state index in [9.17, 15) is 4.79 Å². The number of carbonyl (C=O) groups excluding carboxylic acids is 1. The van der Waals surface area contributed by atoms with Gasteiger partial charge in [0.2, 0.25) is 0 Å². The molecule has 0 aliphatic carbocycles. The van der Waals surface area contributed by atoms with Gasteiger partial charge in [0.25, 0.3) is 0 Å². The number of aldehydes is 1. The van der Waals surface area contributed by atoms with E-state index in [2.05, 4.69) is 22.5 Å². The number of carbonyl (C=O) groups is 1. The van der Waals surface area contributed by atoms with Crippen LogP contribution < -0.4 is 9.47 Å². The van der Waals surface area contributed by atoms with Gasteiger partial charge in [-0.1, -0.05) is 12.7 Å². The van der Waals surface area contributed by atoms with Crippen molar-refractivity contribution in [2.75, 3.05) is 13.7 Å². The van der Waals surface area contributed by atoms with E-state index < -0.39 is 0 Å². The molecule has 0 saturated heterocycles. The summed E-state index contributed by atoms with van der Waals surface area (Å²) in [6.07, 6.45) is 2.39. The van der Waals surface area contributed by atoms with E-state index in [1.165, 1.54) is 7.11 Å². The van der Waals surface area contributed by atoms with Crippen LogP contribution in [0, 0.1) is 0 Å². The SMILES string of the molecule is C=CCOc1c(Br)cc(C=O)cc1OC. The van der Waals surface area contributed by atoms with Crippen molar-refractivity contribution in [3.63, 3.8) is 0 Å². The maximum Gasteiger partial charge on any atom is 0.175 e. The largest absolute Gasteiger partial charge is 0.493 e. The van der Waals surface area contributed by atoms with Gasteiger partial charge in [0.15, 0.2) is 11.5 Å². The number of rotatable bonds is 5. The molecule has 3 nitrogen and oxygen atoms in total. The van der Waals surface area contributed by atoms with E-state index in [1.54, 1.807) is 18.2 Å². The van der Waals surface area contributed by atoms with Crippen molar-refractivity contribution in [1.82, 2.24) is 0 Å². The predicted octanol–water partition coefficient (Wildman–Crippen LogP) is 2.84. The molecule has 0 amide bonds. The number of halogens is 1. The molecule has 80 valence electrons. The number of hydrogen-bond donors (Lipinski definition) is 0. The fourth-order valence-electron chi connectivity index (χ4n) is 1.09. The maximum absolute atomic E-state index is 10.6. The molecule has 0 N–H and O–H groups in total. The van der Waals surface area contributed by atoms with Crippen LogP contribution in [0.2, 0.25) is 0 Å². The van der Waals surface area contributed by atoms with Crippen molar-refractivity contribution in [2.24, 2.45) is 0 Å². The van der Waals surface area contributed by atoms with Crippen LogP contribution >= 0.6 is 15.9 Å². The van der Waals surface area contributed by atoms with Crippen molar-refractivity contribution in [2.45, 2.75) is 0 Å². The Balaban J connectivity index is 3.11. The highest BCUT2D eigenvalue weighted by molar-refractivity contribution is 9.10. The van der Waals surface area contributed by atoms with Gasteiger partial charge in [0.05, 0.1) is 11.6 Å². The summed E-state index contributed by atoms with van der Waals surface area (Å²) in [5, 5.41) is 0. The highest BCUT2D eigenvalue weighted by atomic mass is 79.9. The summed E-state index contributed by atoms with van der Waals surface area (Å²) in [4.78, 5) is 10.6. The Hall–Kier alpha value is -1.29. The Morgan fingerprint density at radius 1 is 1.53 bits per heavy atom. The number of ether oxygens (including phenoxy) is 2. The van der Waals surface area contributed by atoms with E-state index >= 15 is 0 Å². The zero-order valence-electron chi connectivity index (χ0n) is 8.33. The summed E-state index contributed by atoms with van der Waals surface area (Å²) in [7, 11) is 1.52. The zero-order chi connectivity index (χ0) is 11.3. The summed E-state index contributed by atoms with van der Waals surface area (Å²) in [5.74, 6) is 1.09. The van der Waals surface area contributed by atoms with Crippen LogP contribution in [0.4, 0.5) is 0 Å². The van der Waals surface area contributed by atoms with Crippen molar-refractivity contribution in [3.8, 4) is 11.5 Å². The minimum atomic E-state index is 0.384. The first-order valence-corrected chi connectivity index (χ1v) is 5.08. The number of methoxy groups -OCH3 is 1. The van der Waals surface area contributed by atoms with Crippen LogP contribution in [0.15, 0.2) is 29.3 Å². The second kappa shape index (κ2) is 5.56. The van der Waals surface area contributed by atoms with Gasteiger partial charge in [-0.3, -0.25) is 4.79 Å². The molecule has 1 aromatic carbocycles. The third-order valence-electron chi connectivity index (χ3n) is 1.73. The minimum absolute atomic E-state index is 0.384. The lowest BCUT2D eigenvalue weighted by Crippen LogP contribution is -1.98. The van der Waals surface area contributed by atoms with Gasteiger partial charge >= 0.3 is 0 Å². The lowest BCUT2D eigenvalue weighted by molar-refractivity contribution is 0.112. The predicted molar refractivity (Wildman–Crippen MR) is 61.8 cm³/mol. The number of hydrogen-bond acceptors (Lipinski definition) is 3. The van der Waals surface area contributed by atoms with E-state index in [-0.39, 0.29) is 0 Å². The van der Waals surface area contributed by atoms with Crippen LogP contribution in [0.25, 0.3) is 0 Å². The molecular weight excluding hydrogens is 260 g/mol. The molecule has 1 rings (SSSR count). The molecule has 0 atom stereocenters. The molecule has 4 heteroatoms. The highest BCUT2D eigenvalue weighted by Gasteiger charge is 2.10. The molecule has 0 fully saturated rings. The van der Waals surface area contributed by atoms with Gasteiger partial charge in [0, 0.05) is 5.56 Å². The topological polar surface area (TPSA) is 35.5 Å². The zero-order valence-corrected chi connectivity index (χ0v) is 9.91. The fraction of sp³-hybridized carbons (Fsp3) is 0.182. The molecule has 0 aliphatic rings. The average molecular weight is 271 g/mol. The first-order valence-electron chi connectivity index (χ1n) is 4.29. The fourth-order valence-corrected chi connectivity index (χ4v) is 1.66. The molecule has 0 unspecified atom stereocenters. The molecule has 0 aromatic heterocycles. The van der Waals surface area contributed by atoms with Crippen molar-refractivity contribution in [3.05, 3.63) is 34.8 Å². The van der Waals surface area contributed by atoms with Gasteiger partial charge in [0.1, 0.15) is 12.9 Å². The normalized spacial score (nSPS) is 9.47. The molecule has 15 heavy (non-hydrogen) atoms. The second-order valence-corrected chi connectivity index (χ2v) is 3.61. The van der Waals surface area contributed by atoms with E-state index in [0.717, 1.165) is 6.29 Å². The molecular formula is C11H11BrO3. The Kier molecular flexibility index (Phi) is 4.37. The van der Waals surface area contributed by atoms with Crippen LogP contribution in [0.1, 0.15) is 10.4 Å². The number of benzene rings is 1. The van der Waals surface area contributed by atoms with Gasteiger partial charge in [-0.15, -0.1) is 0 Å². The first kappa shape index (κ1) is 11.8. The van der Waals surface area contributed by atoms with Crippen LogP contribution in [0.3, 0.4) is 0 Å². The van der Waals surface area contributed by atoms with Crippen molar-refractivity contribution in [1.29, 1.82) is 0 Å². The minimum Gasteiger partial charge on any atom is -0.493 e. The molecule has 0 heterocycles. The molecule has 0 saturated carbocycles. The van der Waals surface area contributed by atoms with Crippen LogP contribution in [0.5, 0.6) is 11.5 Å². The summed E-state index contributed by atoms with van der Waals surface area (Å²) in [5.41, 5.74) is 0.532. The molecule has 0 spiro atoms. The summed E-state index contributed by atoms with van der Waals surface area (Å²) >= 11 is 3.31. The van der Waals surface area contributed by atoms with Crippen LogP contribution in [-0.4, -0.2) is 20.0 Å². The van der Waals surface area contributed by atoms with Gasteiger partial charge in [-0.05, 0) is 28.1 Å². The van der Waals surface area contributed by atoms with E-state index in [1.807, 2.05) is 0 Å². The Labute approximate surface area is 96.8 Å². The standard InChI is InChI=1S/C11H11BrO3/c1-3-4-15-11-9(12)5-8(7-13)6-10(11)14-2/h3,5-7H,1,4H2,2H3. The summed E-state index contributed by atoms with van der Waals surface area (Å²) < 4.78 is 11.2.